The van der Waals surface area contributed by atoms with Crippen LogP contribution in [0, 0.1) is 5.41 Å². The van der Waals surface area contributed by atoms with Crippen LogP contribution in [0.1, 0.15) is 88.8 Å². The molecule has 1 unspecified atom stereocenters. The lowest BCUT2D eigenvalue weighted by Crippen LogP contribution is -2.61. The minimum absolute atomic E-state index is 0.203. The number of carbonyl (C=O) groups excluding carboxylic acids is 1. The SMILES string of the molecule is CC[C@@H](CN(S(=O)O)C1(CC)CCC1)N1C(=O)[C@](C)(CC(=O)O)C[C@H](c2cccc(Cl)c2)[C@H]1c1ccc(Cl)cc1. The quantitative estimate of drug-likeness (QED) is 0.265. The van der Waals surface area contributed by atoms with Gasteiger partial charge in [0.25, 0.3) is 0 Å². The molecular formula is C30H38Cl2N2O5S. The number of benzene rings is 2. The van der Waals surface area contributed by atoms with Crippen LogP contribution >= 0.6 is 23.2 Å². The number of nitrogens with zero attached hydrogens (tertiary/aromatic N) is 2. The summed E-state index contributed by atoms with van der Waals surface area (Å²) in [5.74, 6) is -1.58. The normalized spacial score (nSPS) is 25.9. The minimum atomic E-state index is -2.23. The van der Waals surface area contributed by atoms with E-state index in [1.54, 1.807) is 29.4 Å². The zero-order valence-electron chi connectivity index (χ0n) is 23.2. The summed E-state index contributed by atoms with van der Waals surface area (Å²) in [5, 5.41) is 11.0. The van der Waals surface area contributed by atoms with Gasteiger partial charge in [0, 0.05) is 34.1 Å². The summed E-state index contributed by atoms with van der Waals surface area (Å²) in [6, 6.07) is 14.0. The van der Waals surface area contributed by atoms with E-state index >= 15 is 0 Å². The largest absolute Gasteiger partial charge is 0.481 e. The smallest absolute Gasteiger partial charge is 0.304 e. The molecule has 0 radical (unpaired) electrons. The van der Waals surface area contributed by atoms with Gasteiger partial charge in [-0.25, -0.2) is 4.21 Å². The Bertz CT molecular complexity index is 1250. The number of rotatable bonds is 11. The average Bonchev–Trinajstić information content (AvgIpc) is 2.87. The third-order valence-electron chi connectivity index (χ3n) is 9.03. The van der Waals surface area contributed by atoms with Gasteiger partial charge in [-0.1, -0.05) is 68.2 Å². The molecule has 40 heavy (non-hydrogen) atoms. The maximum absolute atomic E-state index is 14.5. The Morgan fingerprint density at radius 1 is 1.12 bits per heavy atom. The summed E-state index contributed by atoms with van der Waals surface area (Å²) in [6.07, 6.45) is 3.87. The van der Waals surface area contributed by atoms with E-state index in [1.165, 1.54) is 0 Å². The van der Waals surface area contributed by atoms with Crippen LogP contribution in [-0.4, -0.2) is 53.1 Å². The minimum Gasteiger partial charge on any atom is -0.481 e. The zero-order valence-corrected chi connectivity index (χ0v) is 25.5. The van der Waals surface area contributed by atoms with Gasteiger partial charge in [-0.15, -0.1) is 0 Å². The van der Waals surface area contributed by atoms with Crippen molar-refractivity contribution in [3.63, 3.8) is 0 Å². The summed E-state index contributed by atoms with van der Waals surface area (Å²) < 4.78 is 24.8. The Kier molecular flexibility index (Phi) is 9.67. The zero-order chi connectivity index (χ0) is 29.2. The van der Waals surface area contributed by atoms with Crippen molar-refractivity contribution in [3.8, 4) is 0 Å². The number of likely N-dealkylation sites (tertiary alicyclic amines) is 1. The van der Waals surface area contributed by atoms with Gasteiger partial charge in [-0.3, -0.25) is 14.1 Å². The van der Waals surface area contributed by atoms with Crippen LogP contribution < -0.4 is 0 Å². The number of hydrogen-bond acceptors (Lipinski definition) is 3. The van der Waals surface area contributed by atoms with Gasteiger partial charge < -0.3 is 10.0 Å². The highest BCUT2D eigenvalue weighted by atomic mass is 35.5. The Balaban J connectivity index is 1.88. The molecule has 2 aromatic carbocycles. The van der Waals surface area contributed by atoms with E-state index < -0.39 is 40.3 Å². The molecular weight excluding hydrogens is 571 g/mol. The van der Waals surface area contributed by atoms with E-state index in [2.05, 4.69) is 0 Å². The monoisotopic (exact) mass is 608 g/mol. The van der Waals surface area contributed by atoms with Crippen molar-refractivity contribution in [2.24, 2.45) is 5.41 Å². The first-order chi connectivity index (χ1) is 18.9. The first-order valence-electron chi connectivity index (χ1n) is 13.9. The highest BCUT2D eigenvalue weighted by Crippen LogP contribution is 2.52. The summed E-state index contributed by atoms with van der Waals surface area (Å²) in [7, 11) is 0. The van der Waals surface area contributed by atoms with E-state index in [0.29, 0.717) is 22.9 Å². The number of piperidine rings is 1. The Hall–Kier alpha value is -1.97. The van der Waals surface area contributed by atoms with Gasteiger partial charge in [-0.05, 0) is 73.9 Å². The van der Waals surface area contributed by atoms with Gasteiger partial charge in [0.15, 0.2) is 0 Å². The van der Waals surface area contributed by atoms with Crippen molar-refractivity contribution in [2.75, 3.05) is 6.54 Å². The van der Waals surface area contributed by atoms with Gasteiger partial charge in [-0.2, -0.15) is 4.31 Å². The molecule has 4 rings (SSSR count). The number of amides is 1. The van der Waals surface area contributed by atoms with Crippen LogP contribution in [-0.2, 0) is 20.9 Å². The fraction of sp³-hybridized carbons (Fsp3) is 0.533. The molecule has 2 aromatic rings. The number of carboxylic acids is 1. The van der Waals surface area contributed by atoms with Crippen molar-refractivity contribution >= 4 is 46.3 Å². The molecule has 1 aliphatic carbocycles. The molecule has 1 heterocycles. The van der Waals surface area contributed by atoms with Crippen LogP contribution in [0.3, 0.4) is 0 Å². The summed E-state index contributed by atoms with van der Waals surface area (Å²) >= 11 is 10.4. The molecule has 0 spiro atoms. The molecule has 1 saturated heterocycles. The standard InChI is InChI=1S/C30H38Cl2N2O5S/c1-4-24(19-33(40(38)39)30(5-2)14-7-15-30)34-27(20-10-12-22(31)13-11-20)25(21-8-6-9-23(32)16-21)17-29(3,28(34)37)18-26(35)36/h6,8-13,16,24-25,27H,4-5,7,14-15,17-19H2,1-3H3,(H,35,36)(H,38,39)/t24-,25+,27+,29-/m0/s1. The second-order valence-electron chi connectivity index (χ2n) is 11.5. The summed E-state index contributed by atoms with van der Waals surface area (Å²) in [5.41, 5.74) is 0.197. The van der Waals surface area contributed by atoms with Crippen molar-refractivity contribution in [1.82, 2.24) is 9.21 Å². The molecule has 218 valence electrons. The molecule has 5 atom stereocenters. The topological polar surface area (TPSA) is 98.2 Å². The molecule has 2 fully saturated rings. The maximum atomic E-state index is 14.5. The van der Waals surface area contributed by atoms with Gasteiger partial charge in [0.05, 0.1) is 17.9 Å². The van der Waals surface area contributed by atoms with E-state index in [-0.39, 0.29) is 24.8 Å². The lowest BCUT2D eigenvalue weighted by molar-refractivity contribution is -0.161. The first-order valence-corrected chi connectivity index (χ1v) is 15.7. The number of halogens is 2. The van der Waals surface area contributed by atoms with Crippen molar-refractivity contribution in [2.45, 2.75) is 89.3 Å². The lowest BCUT2D eigenvalue weighted by Gasteiger charge is -2.54. The van der Waals surface area contributed by atoms with Crippen LogP contribution in [0.25, 0.3) is 0 Å². The number of carbonyl (C=O) groups is 2. The van der Waals surface area contributed by atoms with Crippen LogP contribution in [0.15, 0.2) is 48.5 Å². The third-order valence-corrected chi connectivity index (χ3v) is 10.4. The molecule has 0 bridgehead atoms. The summed E-state index contributed by atoms with van der Waals surface area (Å²) in [4.78, 5) is 28.3. The number of carboxylic acid groups (broad SMARTS) is 1. The Morgan fingerprint density at radius 3 is 2.30 bits per heavy atom. The Morgan fingerprint density at radius 2 is 1.80 bits per heavy atom. The predicted molar refractivity (Wildman–Crippen MR) is 159 cm³/mol. The van der Waals surface area contributed by atoms with E-state index in [1.807, 2.05) is 49.1 Å². The Labute approximate surface area is 249 Å². The van der Waals surface area contributed by atoms with Crippen molar-refractivity contribution in [1.29, 1.82) is 0 Å². The molecule has 2 N–H and O–H groups in total. The number of hydrogen-bond donors (Lipinski definition) is 2. The fourth-order valence-corrected chi connectivity index (χ4v) is 7.94. The lowest BCUT2D eigenvalue weighted by atomic mass is 9.67. The highest BCUT2D eigenvalue weighted by Gasteiger charge is 2.53. The fourth-order valence-electron chi connectivity index (χ4n) is 6.67. The first kappa shape index (κ1) is 31.0. The van der Waals surface area contributed by atoms with E-state index in [4.69, 9.17) is 23.2 Å². The molecule has 2 aliphatic rings. The summed E-state index contributed by atoms with van der Waals surface area (Å²) in [6.45, 7) is 5.92. The van der Waals surface area contributed by atoms with Crippen molar-refractivity contribution in [3.05, 3.63) is 69.7 Å². The van der Waals surface area contributed by atoms with Crippen LogP contribution in [0.2, 0.25) is 10.0 Å². The maximum Gasteiger partial charge on any atom is 0.304 e. The van der Waals surface area contributed by atoms with E-state index in [0.717, 1.165) is 36.8 Å². The highest BCUT2D eigenvalue weighted by molar-refractivity contribution is 7.76. The molecule has 10 heteroatoms. The van der Waals surface area contributed by atoms with Gasteiger partial charge in [0.2, 0.25) is 17.2 Å². The average molecular weight is 610 g/mol. The second-order valence-corrected chi connectivity index (χ2v) is 13.3. The predicted octanol–water partition coefficient (Wildman–Crippen LogP) is 7.08. The van der Waals surface area contributed by atoms with Crippen LogP contribution in [0.5, 0.6) is 0 Å². The molecule has 1 saturated carbocycles. The molecule has 1 aliphatic heterocycles. The second kappa shape index (κ2) is 12.5. The molecule has 7 nitrogen and oxygen atoms in total. The van der Waals surface area contributed by atoms with Crippen molar-refractivity contribution < 1.29 is 23.5 Å². The number of aliphatic carboxylic acids is 1. The van der Waals surface area contributed by atoms with Gasteiger partial charge in [0.1, 0.15) is 0 Å². The third kappa shape index (κ3) is 6.12. The molecule has 0 aromatic heterocycles. The molecule has 1 amide bonds. The van der Waals surface area contributed by atoms with Gasteiger partial charge >= 0.3 is 5.97 Å². The van der Waals surface area contributed by atoms with Crippen LogP contribution in [0.4, 0.5) is 0 Å². The van der Waals surface area contributed by atoms with E-state index in [9.17, 15) is 23.5 Å².